The lowest BCUT2D eigenvalue weighted by molar-refractivity contribution is 0.203. The van der Waals surface area contributed by atoms with Crippen molar-refractivity contribution >= 4 is 5.71 Å². The van der Waals surface area contributed by atoms with Crippen LogP contribution in [0.2, 0.25) is 0 Å². The van der Waals surface area contributed by atoms with Crippen molar-refractivity contribution in [2.45, 2.75) is 58.5 Å². The normalized spacial score (nSPS) is 27.4. The Balaban J connectivity index is 2.02. The van der Waals surface area contributed by atoms with E-state index in [2.05, 4.69) is 19.2 Å². The van der Waals surface area contributed by atoms with Crippen LogP contribution in [0.1, 0.15) is 46.5 Å². The lowest BCUT2D eigenvalue weighted by atomic mass is 9.77. The molecular formula is C11H22N2. The summed E-state index contributed by atoms with van der Waals surface area (Å²) < 4.78 is 0. The van der Waals surface area contributed by atoms with Gasteiger partial charge in [-0.05, 0) is 38.5 Å². The van der Waals surface area contributed by atoms with Crippen LogP contribution < -0.4 is 5.32 Å². The highest BCUT2D eigenvalue weighted by atomic mass is 15.0. The SMILES string of the molecule is CC(=N)CCC1CC(NC(C)C)C1. The Morgan fingerprint density at radius 2 is 2.08 bits per heavy atom. The van der Waals surface area contributed by atoms with Crippen molar-refractivity contribution in [3.05, 3.63) is 0 Å². The van der Waals surface area contributed by atoms with E-state index >= 15 is 0 Å². The van der Waals surface area contributed by atoms with Crippen LogP contribution in [-0.4, -0.2) is 17.8 Å². The van der Waals surface area contributed by atoms with E-state index in [-0.39, 0.29) is 0 Å². The van der Waals surface area contributed by atoms with E-state index in [0.717, 1.165) is 24.1 Å². The fourth-order valence-electron chi connectivity index (χ4n) is 2.00. The summed E-state index contributed by atoms with van der Waals surface area (Å²) in [5.74, 6) is 0.886. The predicted octanol–water partition coefficient (Wildman–Crippen LogP) is 2.58. The zero-order valence-corrected chi connectivity index (χ0v) is 9.06. The molecule has 1 fully saturated rings. The smallest absolute Gasteiger partial charge is 0.00747 e. The summed E-state index contributed by atoms with van der Waals surface area (Å²) in [5.41, 5.74) is 0.834. The van der Waals surface area contributed by atoms with E-state index in [0.29, 0.717) is 6.04 Å². The molecule has 0 aromatic rings. The summed E-state index contributed by atoms with van der Waals surface area (Å²) in [5, 5.41) is 10.9. The molecule has 2 heteroatoms. The van der Waals surface area contributed by atoms with Gasteiger partial charge in [0.25, 0.3) is 0 Å². The number of hydrogen-bond donors (Lipinski definition) is 2. The minimum Gasteiger partial charge on any atom is -0.312 e. The largest absolute Gasteiger partial charge is 0.312 e. The predicted molar refractivity (Wildman–Crippen MR) is 57.4 cm³/mol. The molecule has 0 unspecified atom stereocenters. The van der Waals surface area contributed by atoms with E-state index in [9.17, 15) is 0 Å². The Kier molecular flexibility index (Phi) is 3.91. The first-order valence-electron chi connectivity index (χ1n) is 5.38. The Bertz CT molecular complexity index is 169. The van der Waals surface area contributed by atoms with Crippen LogP contribution in [0, 0.1) is 11.3 Å². The van der Waals surface area contributed by atoms with Crippen molar-refractivity contribution in [3.8, 4) is 0 Å². The Morgan fingerprint density at radius 1 is 1.46 bits per heavy atom. The van der Waals surface area contributed by atoms with Crippen LogP contribution in [0.4, 0.5) is 0 Å². The van der Waals surface area contributed by atoms with Crippen molar-refractivity contribution in [1.29, 1.82) is 5.41 Å². The highest BCUT2D eigenvalue weighted by Gasteiger charge is 2.28. The molecule has 1 aliphatic rings. The molecule has 0 aromatic carbocycles. The van der Waals surface area contributed by atoms with Crippen LogP contribution in [0.5, 0.6) is 0 Å². The lowest BCUT2D eigenvalue weighted by Crippen LogP contribution is -2.44. The second-order valence-corrected chi connectivity index (χ2v) is 4.67. The van der Waals surface area contributed by atoms with Crippen molar-refractivity contribution < 1.29 is 0 Å². The van der Waals surface area contributed by atoms with Gasteiger partial charge in [-0.2, -0.15) is 0 Å². The maximum atomic E-state index is 7.33. The van der Waals surface area contributed by atoms with Gasteiger partial charge in [0.1, 0.15) is 0 Å². The second kappa shape index (κ2) is 4.75. The third kappa shape index (κ3) is 3.90. The third-order valence-corrected chi connectivity index (χ3v) is 2.73. The first-order chi connectivity index (χ1) is 6.08. The average molecular weight is 182 g/mol. The standard InChI is InChI=1S/C11H22N2/c1-8(2)13-11-6-10(7-11)5-4-9(3)12/h8,10-13H,4-7H2,1-3H3. The molecule has 0 aliphatic heterocycles. The summed E-state index contributed by atoms with van der Waals surface area (Å²) in [6.45, 7) is 6.31. The lowest BCUT2D eigenvalue weighted by Gasteiger charge is -2.37. The Labute approximate surface area is 81.6 Å². The quantitative estimate of drug-likeness (QED) is 0.630. The van der Waals surface area contributed by atoms with Crippen LogP contribution >= 0.6 is 0 Å². The van der Waals surface area contributed by atoms with Gasteiger partial charge in [0.2, 0.25) is 0 Å². The Morgan fingerprint density at radius 3 is 2.54 bits per heavy atom. The van der Waals surface area contributed by atoms with Gasteiger partial charge < -0.3 is 10.7 Å². The minimum atomic E-state index is 0.621. The minimum absolute atomic E-state index is 0.621. The van der Waals surface area contributed by atoms with Crippen LogP contribution in [0.15, 0.2) is 0 Å². The molecule has 76 valence electrons. The van der Waals surface area contributed by atoms with E-state index in [1.165, 1.54) is 19.3 Å². The fourth-order valence-corrected chi connectivity index (χ4v) is 2.00. The molecule has 2 nitrogen and oxygen atoms in total. The fraction of sp³-hybridized carbons (Fsp3) is 0.909. The highest BCUT2D eigenvalue weighted by Crippen LogP contribution is 2.31. The van der Waals surface area contributed by atoms with E-state index in [4.69, 9.17) is 5.41 Å². The van der Waals surface area contributed by atoms with Crippen molar-refractivity contribution in [1.82, 2.24) is 5.32 Å². The molecule has 0 aromatic heterocycles. The third-order valence-electron chi connectivity index (χ3n) is 2.73. The van der Waals surface area contributed by atoms with E-state index < -0.39 is 0 Å². The van der Waals surface area contributed by atoms with E-state index in [1.54, 1.807) is 0 Å². The summed E-state index contributed by atoms with van der Waals surface area (Å²) in [7, 11) is 0. The number of rotatable bonds is 5. The van der Waals surface area contributed by atoms with Gasteiger partial charge in [0, 0.05) is 17.8 Å². The maximum absolute atomic E-state index is 7.33. The van der Waals surface area contributed by atoms with Crippen LogP contribution in [0.3, 0.4) is 0 Å². The van der Waals surface area contributed by atoms with Crippen LogP contribution in [-0.2, 0) is 0 Å². The summed E-state index contributed by atoms with van der Waals surface area (Å²) >= 11 is 0. The molecule has 1 aliphatic carbocycles. The van der Waals surface area contributed by atoms with Gasteiger partial charge in [0.15, 0.2) is 0 Å². The molecule has 2 N–H and O–H groups in total. The zero-order chi connectivity index (χ0) is 9.84. The first kappa shape index (κ1) is 10.7. The topological polar surface area (TPSA) is 35.9 Å². The first-order valence-corrected chi connectivity index (χ1v) is 5.38. The zero-order valence-electron chi connectivity index (χ0n) is 9.06. The maximum Gasteiger partial charge on any atom is 0.00747 e. The molecular weight excluding hydrogens is 160 g/mol. The molecule has 0 radical (unpaired) electrons. The van der Waals surface area contributed by atoms with Gasteiger partial charge in [-0.25, -0.2) is 0 Å². The molecule has 13 heavy (non-hydrogen) atoms. The summed E-state index contributed by atoms with van der Waals surface area (Å²) in [6, 6.07) is 1.38. The van der Waals surface area contributed by atoms with Crippen LogP contribution in [0.25, 0.3) is 0 Å². The van der Waals surface area contributed by atoms with Crippen molar-refractivity contribution in [2.75, 3.05) is 0 Å². The summed E-state index contributed by atoms with van der Waals surface area (Å²) in [4.78, 5) is 0. The second-order valence-electron chi connectivity index (χ2n) is 4.67. The average Bonchev–Trinajstić information content (AvgIpc) is 1.92. The molecule has 0 atom stereocenters. The van der Waals surface area contributed by atoms with Crippen molar-refractivity contribution in [3.63, 3.8) is 0 Å². The number of hydrogen-bond acceptors (Lipinski definition) is 2. The van der Waals surface area contributed by atoms with Crippen molar-refractivity contribution in [2.24, 2.45) is 5.92 Å². The van der Waals surface area contributed by atoms with Gasteiger partial charge in [-0.15, -0.1) is 0 Å². The Hall–Kier alpha value is -0.370. The molecule has 0 heterocycles. The monoisotopic (exact) mass is 182 g/mol. The molecule has 0 bridgehead atoms. The highest BCUT2D eigenvalue weighted by molar-refractivity contribution is 5.78. The van der Waals surface area contributed by atoms with E-state index in [1.807, 2.05) is 6.92 Å². The van der Waals surface area contributed by atoms with Gasteiger partial charge in [0.05, 0.1) is 0 Å². The molecule has 1 saturated carbocycles. The molecule has 0 saturated heterocycles. The van der Waals surface area contributed by atoms with Gasteiger partial charge in [-0.3, -0.25) is 0 Å². The molecule has 1 rings (SSSR count). The molecule has 0 spiro atoms. The van der Waals surface area contributed by atoms with Gasteiger partial charge >= 0.3 is 0 Å². The van der Waals surface area contributed by atoms with Gasteiger partial charge in [-0.1, -0.05) is 13.8 Å². The number of nitrogens with one attached hydrogen (secondary N) is 2. The molecule has 0 amide bonds. The summed E-state index contributed by atoms with van der Waals surface area (Å²) in [6.07, 6.45) is 4.88.